The SMILES string of the molecule is CCC(C(N)=S)N1CCN(Cc2cnn(CC)c2)CC1. The molecule has 20 heavy (non-hydrogen) atoms. The number of thiocarbonyl (C=S) groups is 1. The highest BCUT2D eigenvalue weighted by Crippen LogP contribution is 2.12. The molecule has 2 rings (SSSR count). The second-order valence-electron chi connectivity index (χ2n) is 5.34. The van der Waals surface area contributed by atoms with Crippen LogP contribution in [-0.4, -0.2) is 56.8 Å². The molecule has 5 nitrogen and oxygen atoms in total. The van der Waals surface area contributed by atoms with Crippen LogP contribution >= 0.6 is 12.2 Å². The fraction of sp³-hybridized carbons (Fsp3) is 0.714. The minimum Gasteiger partial charge on any atom is -0.392 e. The molecule has 6 heteroatoms. The molecule has 0 spiro atoms. The quantitative estimate of drug-likeness (QED) is 0.796. The second kappa shape index (κ2) is 7.15. The van der Waals surface area contributed by atoms with Crippen molar-refractivity contribution in [2.45, 2.75) is 39.4 Å². The summed E-state index contributed by atoms with van der Waals surface area (Å²) in [7, 11) is 0. The highest BCUT2D eigenvalue weighted by molar-refractivity contribution is 7.80. The van der Waals surface area contributed by atoms with Crippen molar-refractivity contribution in [2.75, 3.05) is 26.2 Å². The normalized spacial score (nSPS) is 19.1. The van der Waals surface area contributed by atoms with Crippen molar-refractivity contribution >= 4 is 17.2 Å². The lowest BCUT2D eigenvalue weighted by Crippen LogP contribution is -2.53. The van der Waals surface area contributed by atoms with Crippen LogP contribution in [0.25, 0.3) is 0 Å². The molecule has 1 atom stereocenters. The van der Waals surface area contributed by atoms with Crippen molar-refractivity contribution in [1.82, 2.24) is 19.6 Å². The van der Waals surface area contributed by atoms with E-state index in [4.69, 9.17) is 18.0 Å². The maximum Gasteiger partial charge on any atom is 0.0901 e. The van der Waals surface area contributed by atoms with E-state index in [0.717, 1.165) is 45.7 Å². The number of hydrogen-bond acceptors (Lipinski definition) is 4. The fourth-order valence-electron chi connectivity index (χ4n) is 2.79. The highest BCUT2D eigenvalue weighted by atomic mass is 32.1. The molecule has 1 unspecified atom stereocenters. The zero-order valence-corrected chi connectivity index (χ0v) is 13.3. The fourth-order valence-corrected chi connectivity index (χ4v) is 3.11. The van der Waals surface area contributed by atoms with Gasteiger partial charge in [0.1, 0.15) is 0 Å². The monoisotopic (exact) mass is 295 g/mol. The van der Waals surface area contributed by atoms with E-state index in [1.54, 1.807) is 0 Å². The first-order valence-electron chi connectivity index (χ1n) is 7.41. The lowest BCUT2D eigenvalue weighted by molar-refractivity contribution is 0.112. The Labute approximate surface area is 126 Å². The van der Waals surface area contributed by atoms with Crippen LogP contribution in [0.15, 0.2) is 12.4 Å². The molecule has 1 aliphatic rings. The van der Waals surface area contributed by atoms with E-state index < -0.39 is 0 Å². The van der Waals surface area contributed by atoms with Crippen LogP contribution in [0.4, 0.5) is 0 Å². The lowest BCUT2D eigenvalue weighted by Gasteiger charge is -2.38. The van der Waals surface area contributed by atoms with Gasteiger partial charge in [0.2, 0.25) is 0 Å². The Hall–Kier alpha value is -0.980. The molecule has 0 aliphatic carbocycles. The minimum absolute atomic E-state index is 0.259. The van der Waals surface area contributed by atoms with Gasteiger partial charge < -0.3 is 5.73 Å². The predicted molar refractivity (Wildman–Crippen MR) is 85.6 cm³/mol. The van der Waals surface area contributed by atoms with Crippen molar-refractivity contribution in [2.24, 2.45) is 5.73 Å². The van der Waals surface area contributed by atoms with Crippen molar-refractivity contribution in [3.05, 3.63) is 18.0 Å². The molecular weight excluding hydrogens is 270 g/mol. The molecular formula is C14H25N5S. The molecule has 0 bridgehead atoms. The number of aryl methyl sites for hydroxylation is 1. The summed E-state index contributed by atoms with van der Waals surface area (Å²) in [5.74, 6) is 0. The summed E-state index contributed by atoms with van der Waals surface area (Å²) in [6.07, 6.45) is 5.11. The molecule has 1 aromatic heterocycles. The van der Waals surface area contributed by atoms with Gasteiger partial charge in [-0.25, -0.2) is 0 Å². The van der Waals surface area contributed by atoms with Gasteiger partial charge in [-0.05, 0) is 13.3 Å². The van der Waals surface area contributed by atoms with E-state index in [2.05, 4.69) is 34.9 Å². The van der Waals surface area contributed by atoms with Gasteiger partial charge in [0, 0.05) is 51.0 Å². The molecule has 112 valence electrons. The van der Waals surface area contributed by atoms with Gasteiger partial charge in [-0.2, -0.15) is 5.10 Å². The number of nitrogens with zero attached hydrogens (tertiary/aromatic N) is 4. The number of nitrogens with two attached hydrogens (primary N) is 1. The van der Waals surface area contributed by atoms with Crippen molar-refractivity contribution in [1.29, 1.82) is 0 Å². The summed E-state index contributed by atoms with van der Waals surface area (Å²) in [6, 6.07) is 0.259. The summed E-state index contributed by atoms with van der Waals surface area (Å²) >= 11 is 5.16. The smallest absolute Gasteiger partial charge is 0.0901 e. The molecule has 1 saturated heterocycles. The van der Waals surface area contributed by atoms with E-state index in [1.807, 2.05) is 10.9 Å². The van der Waals surface area contributed by atoms with Crippen LogP contribution in [0.3, 0.4) is 0 Å². The average Bonchev–Trinajstić information content (AvgIpc) is 2.89. The predicted octanol–water partition coefficient (Wildman–Crippen LogP) is 1.09. The maximum absolute atomic E-state index is 5.82. The molecule has 0 saturated carbocycles. The van der Waals surface area contributed by atoms with Crippen LogP contribution in [-0.2, 0) is 13.1 Å². The number of aromatic nitrogens is 2. The standard InChI is InChI=1S/C14H25N5S/c1-3-13(14(15)20)18-7-5-17(6-8-18)10-12-9-16-19(4-2)11-12/h9,11,13H,3-8,10H2,1-2H3,(H2,15,20). The van der Waals surface area contributed by atoms with E-state index in [9.17, 15) is 0 Å². The van der Waals surface area contributed by atoms with Gasteiger partial charge in [-0.3, -0.25) is 14.5 Å². The van der Waals surface area contributed by atoms with Gasteiger partial charge in [0.05, 0.1) is 17.2 Å². The van der Waals surface area contributed by atoms with E-state index >= 15 is 0 Å². The second-order valence-corrected chi connectivity index (χ2v) is 5.81. The molecule has 1 fully saturated rings. The molecule has 0 aromatic carbocycles. The minimum atomic E-state index is 0.259. The third kappa shape index (κ3) is 3.77. The van der Waals surface area contributed by atoms with Gasteiger partial charge in [0.15, 0.2) is 0 Å². The van der Waals surface area contributed by atoms with Gasteiger partial charge in [0.25, 0.3) is 0 Å². The number of hydrogen-bond donors (Lipinski definition) is 1. The third-order valence-corrected chi connectivity index (χ3v) is 4.25. The first kappa shape index (κ1) is 15.4. The molecule has 0 radical (unpaired) electrons. The molecule has 0 amide bonds. The Kier molecular flexibility index (Phi) is 5.51. The third-order valence-electron chi connectivity index (χ3n) is 3.98. The van der Waals surface area contributed by atoms with Crippen LogP contribution < -0.4 is 5.73 Å². The number of rotatable bonds is 6. The van der Waals surface area contributed by atoms with Crippen molar-refractivity contribution in [3.8, 4) is 0 Å². The number of piperazine rings is 1. The summed E-state index contributed by atoms with van der Waals surface area (Å²) in [6.45, 7) is 10.4. The zero-order chi connectivity index (χ0) is 14.5. The lowest BCUT2D eigenvalue weighted by atomic mass is 10.1. The first-order chi connectivity index (χ1) is 9.63. The molecule has 2 heterocycles. The average molecular weight is 295 g/mol. The molecule has 2 N–H and O–H groups in total. The van der Waals surface area contributed by atoms with Crippen molar-refractivity contribution < 1.29 is 0 Å². The first-order valence-corrected chi connectivity index (χ1v) is 7.82. The van der Waals surface area contributed by atoms with Gasteiger partial charge >= 0.3 is 0 Å². The topological polar surface area (TPSA) is 50.3 Å². The highest BCUT2D eigenvalue weighted by Gasteiger charge is 2.24. The summed E-state index contributed by atoms with van der Waals surface area (Å²) in [4.78, 5) is 5.51. The van der Waals surface area contributed by atoms with Gasteiger partial charge in [-0.1, -0.05) is 19.1 Å². The van der Waals surface area contributed by atoms with Crippen LogP contribution in [0.5, 0.6) is 0 Å². The Balaban J connectivity index is 1.83. The molecule has 1 aromatic rings. The Morgan fingerprint density at radius 1 is 1.35 bits per heavy atom. The van der Waals surface area contributed by atoms with Crippen LogP contribution in [0, 0.1) is 0 Å². The van der Waals surface area contributed by atoms with Crippen molar-refractivity contribution in [3.63, 3.8) is 0 Å². The summed E-state index contributed by atoms with van der Waals surface area (Å²) in [5, 5.41) is 4.33. The van der Waals surface area contributed by atoms with Gasteiger partial charge in [-0.15, -0.1) is 0 Å². The zero-order valence-electron chi connectivity index (χ0n) is 12.5. The Morgan fingerprint density at radius 2 is 2.05 bits per heavy atom. The summed E-state index contributed by atoms with van der Waals surface area (Å²) < 4.78 is 1.98. The van der Waals surface area contributed by atoms with Crippen LogP contribution in [0.2, 0.25) is 0 Å². The molecule has 1 aliphatic heterocycles. The van der Waals surface area contributed by atoms with E-state index in [-0.39, 0.29) is 6.04 Å². The largest absolute Gasteiger partial charge is 0.392 e. The summed E-state index contributed by atoms with van der Waals surface area (Å²) in [5.41, 5.74) is 7.11. The Bertz CT molecular complexity index is 437. The maximum atomic E-state index is 5.82. The van der Waals surface area contributed by atoms with E-state index in [1.165, 1.54) is 5.56 Å². The van der Waals surface area contributed by atoms with Crippen LogP contribution in [0.1, 0.15) is 25.8 Å². The Morgan fingerprint density at radius 3 is 2.55 bits per heavy atom. The van der Waals surface area contributed by atoms with E-state index in [0.29, 0.717) is 4.99 Å².